The van der Waals surface area contributed by atoms with E-state index in [0.29, 0.717) is 11.6 Å². The van der Waals surface area contributed by atoms with Crippen LogP contribution < -0.4 is 4.57 Å². The Morgan fingerprint density at radius 3 is 2.58 bits per heavy atom. The van der Waals surface area contributed by atoms with Crippen molar-refractivity contribution in [2.45, 2.75) is 5.09 Å². The third kappa shape index (κ3) is 1.92. The molecule has 98 valence electrons. The van der Waals surface area contributed by atoms with Crippen LogP contribution in [0.3, 0.4) is 0 Å². The SMILES string of the molecule is C[n+]1c(-c2ccc(S(=O)(=O)O)o2)[nH]c2ccccc21. The molecule has 0 saturated heterocycles. The third-order valence-corrected chi connectivity index (χ3v) is 3.65. The minimum Gasteiger partial charge on any atom is -0.434 e. The van der Waals surface area contributed by atoms with Crippen molar-refractivity contribution in [1.82, 2.24) is 4.98 Å². The summed E-state index contributed by atoms with van der Waals surface area (Å²) in [6.45, 7) is 0. The van der Waals surface area contributed by atoms with Gasteiger partial charge in [-0.25, -0.2) is 9.55 Å². The van der Waals surface area contributed by atoms with Gasteiger partial charge in [-0.1, -0.05) is 12.1 Å². The summed E-state index contributed by atoms with van der Waals surface area (Å²) in [7, 11) is -2.49. The number of nitrogens with zero attached hydrogens (tertiary/aromatic N) is 1. The summed E-state index contributed by atoms with van der Waals surface area (Å²) >= 11 is 0. The molecule has 7 heteroatoms. The van der Waals surface area contributed by atoms with E-state index in [4.69, 9.17) is 8.97 Å². The van der Waals surface area contributed by atoms with Gasteiger partial charge in [0.25, 0.3) is 0 Å². The van der Waals surface area contributed by atoms with E-state index in [1.54, 1.807) is 0 Å². The quantitative estimate of drug-likeness (QED) is 0.549. The monoisotopic (exact) mass is 279 g/mol. The van der Waals surface area contributed by atoms with Gasteiger partial charge in [0.1, 0.15) is 0 Å². The Hall–Kier alpha value is -2.12. The van der Waals surface area contributed by atoms with Gasteiger partial charge in [0.05, 0.1) is 7.05 Å². The summed E-state index contributed by atoms with van der Waals surface area (Å²) < 4.78 is 37.9. The predicted molar refractivity (Wildman–Crippen MR) is 67.0 cm³/mol. The van der Waals surface area contributed by atoms with Gasteiger partial charge < -0.3 is 4.42 Å². The Morgan fingerprint density at radius 1 is 1.21 bits per heavy atom. The summed E-state index contributed by atoms with van der Waals surface area (Å²) in [5.41, 5.74) is 1.87. The first-order valence-electron chi connectivity index (χ1n) is 5.51. The van der Waals surface area contributed by atoms with Gasteiger partial charge >= 0.3 is 15.9 Å². The lowest BCUT2D eigenvalue weighted by molar-refractivity contribution is -0.633. The maximum absolute atomic E-state index is 11.0. The van der Waals surface area contributed by atoms with Gasteiger partial charge in [-0.05, 0) is 24.3 Å². The Kier molecular flexibility index (Phi) is 2.48. The molecule has 0 atom stereocenters. The van der Waals surface area contributed by atoms with Crippen LogP contribution in [0.2, 0.25) is 0 Å². The zero-order valence-corrected chi connectivity index (χ0v) is 10.8. The Morgan fingerprint density at radius 2 is 1.95 bits per heavy atom. The molecule has 0 aliphatic heterocycles. The van der Waals surface area contributed by atoms with E-state index in [-0.39, 0.29) is 0 Å². The number of aryl methyl sites for hydroxylation is 1. The molecule has 0 saturated carbocycles. The number of aromatic amines is 1. The van der Waals surface area contributed by atoms with E-state index in [1.165, 1.54) is 12.1 Å². The molecule has 3 aromatic rings. The molecule has 6 nitrogen and oxygen atoms in total. The average Bonchev–Trinajstić information content (AvgIpc) is 2.94. The number of para-hydroxylation sites is 2. The second-order valence-electron chi connectivity index (χ2n) is 4.14. The number of furan rings is 1. The zero-order valence-electron chi connectivity index (χ0n) is 9.99. The summed E-state index contributed by atoms with van der Waals surface area (Å²) in [6, 6.07) is 10.4. The number of imidazole rings is 1. The van der Waals surface area contributed by atoms with Gasteiger partial charge in [-0.3, -0.25) is 4.55 Å². The van der Waals surface area contributed by atoms with Crippen LogP contribution in [0, 0.1) is 0 Å². The van der Waals surface area contributed by atoms with Crippen LogP contribution in [-0.4, -0.2) is 18.0 Å². The van der Waals surface area contributed by atoms with Gasteiger partial charge in [0.2, 0.25) is 10.9 Å². The highest BCUT2D eigenvalue weighted by Crippen LogP contribution is 2.22. The molecule has 0 spiro atoms. The molecule has 2 aromatic heterocycles. The first-order chi connectivity index (χ1) is 8.97. The van der Waals surface area contributed by atoms with Crippen molar-refractivity contribution in [2.24, 2.45) is 7.05 Å². The number of rotatable bonds is 2. The molecular weight excluding hydrogens is 268 g/mol. The first-order valence-corrected chi connectivity index (χ1v) is 6.95. The fourth-order valence-electron chi connectivity index (χ4n) is 2.02. The minimum atomic E-state index is -4.32. The summed E-state index contributed by atoms with van der Waals surface area (Å²) in [6.07, 6.45) is 0. The molecule has 3 rings (SSSR count). The lowest BCUT2D eigenvalue weighted by Gasteiger charge is -1.91. The topological polar surface area (TPSA) is 87.2 Å². The van der Waals surface area contributed by atoms with Crippen LogP contribution >= 0.6 is 0 Å². The van der Waals surface area contributed by atoms with Crippen LogP contribution in [0.25, 0.3) is 22.6 Å². The molecule has 0 unspecified atom stereocenters. The second kappa shape index (κ2) is 3.94. The van der Waals surface area contributed by atoms with Gasteiger partial charge in [0, 0.05) is 0 Å². The summed E-state index contributed by atoms with van der Waals surface area (Å²) in [5.74, 6) is 0.961. The molecule has 1 aromatic carbocycles. The number of aromatic nitrogens is 2. The molecule has 0 radical (unpaired) electrons. The fourth-order valence-corrected chi connectivity index (χ4v) is 2.45. The van der Waals surface area contributed by atoms with Gasteiger partial charge in [-0.15, -0.1) is 0 Å². The highest BCUT2D eigenvalue weighted by atomic mass is 32.2. The molecule has 0 bridgehead atoms. The van der Waals surface area contributed by atoms with Crippen LogP contribution in [0.1, 0.15) is 0 Å². The lowest BCUT2D eigenvalue weighted by atomic mass is 10.3. The molecular formula is C12H11N2O4S+. The lowest BCUT2D eigenvalue weighted by Crippen LogP contribution is -2.28. The van der Waals surface area contributed by atoms with Crippen LogP contribution in [0.5, 0.6) is 0 Å². The molecule has 0 aliphatic carbocycles. The Balaban J connectivity index is 2.20. The number of fused-ring (bicyclic) bond motifs is 1. The number of H-pyrrole nitrogens is 1. The third-order valence-electron chi connectivity index (χ3n) is 2.92. The molecule has 0 fully saturated rings. The van der Waals surface area contributed by atoms with E-state index >= 15 is 0 Å². The minimum absolute atomic E-state index is 0.339. The van der Waals surface area contributed by atoms with Crippen molar-refractivity contribution < 1.29 is 22.0 Å². The van der Waals surface area contributed by atoms with Crippen molar-refractivity contribution in [1.29, 1.82) is 0 Å². The zero-order chi connectivity index (χ0) is 13.6. The molecule has 0 amide bonds. The maximum Gasteiger partial charge on any atom is 0.328 e. The number of nitrogens with one attached hydrogen (secondary N) is 1. The van der Waals surface area contributed by atoms with E-state index in [1.807, 2.05) is 35.9 Å². The number of hydrogen-bond acceptors (Lipinski definition) is 3. The molecule has 2 N–H and O–H groups in total. The fraction of sp³-hybridized carbons (Fsp3) is 0.0833. The summed E-state index contributed by atoms with van der Waals surface area (Å²) in [4.78, 5) is 3.14. The standard InChI is InChI=1S/C12H10N2O4S/c1-14-9-5-3-2-4-8(9)13-12(14)10-6-7-11(18-10)19(15,16)17/h2-7H,1H3,(H,15,16,17)/p+1. The van der Waals surface area contributed by atoms with E-state index in [9.17, 15) is 8.42 Å². The largest absolute Gasteiger partial charge is 0.434 e. The van der Waals surface area contributed by atoms with Crippen LogP contribution in [0.4, 0.5) is 0 Å². The molecule has 19 heavy (non-hydrogen) atoms. The van der Waals surface area contributed by atoms with Crippen molar-refractivity contribution in [3.8, 4) is 11.6 Å². The van der Waals surface area contributed by atoms with Gasteiger partial charge in [-0.2, -0.15) is 8.42 Å². The second-order valence-corrected chi connectivity index (χ2v) is 5.50. The van der Waals surface area contributed by atoms with E-state index in [2.05, 4.69) is 4.98 Å². The highest BCUT2D eigenvalue weighted by Gasteiger charge is 2.23. The average molecular weight is 279 g/mol. The normalized spacial score (nSPS) is 12.1. The predicted octanol–water partition coefficient (Wildman–Crippen LogP) is 1.50. The van der Waals surface area contributed by atoms with Crippen LogP contribution in [0.15, 0.2) is 45.9 Å². The molecule has 2 heterocycles. The maximum atomic E-state index is 11.0. The van der Waals surface area contributed by atoms with Crippen molar-refractivity contribution in [2.75, 3.05) is 0 Å². The first kappa shape index (κ1) is 11.9. The Bertz CT molecular complexity index is 861. The molecule has 0 aliphatic rings. The number of benzene rings is 1. The van der Waals surface area contributed by atoms with Crippen molar-refractivity contribution in [3.63, 3.8) is 0 Å². The Labute approximate surface area is 109 Å². The highest BCUT2D eigenvalue weighted by molar-refractivity contribution is 7.85. The van der Waals surface area contributed by atoms with Gasteiger partial charge in [0.15, 0.2) is 11.0 Å². The van der Waals surface area contributed by atoms with E-state index < -0.39 is 15.2 Å². The van der Waals surface area contributed by atoms with Crippen molar-refractivity contribution in [3.05, 3.63) is 36.4 Å². The van der Waals surface area contributed by atoms with Crippen molar-refractivity contribution >= 4 is 21.2 Å². The summed E-state index contributed by atoms with van der Waals surface area (Å²) in [5, 5.41) is -0.471. The smallest absolute Gasteiger partial charge is 0.328 e. The van der Waals surface area contributed by atoms with E-state index in [0.717, 1.165) is 11.0 Å². The number of hydrogen-bond donors (Lipinski definition) is 2. The van der Waals surface area contributed by atoms with Crippen LogP contribution in [-0.2, 0) is 17.2 Å².